The molecule has 0 unspecified atom stereocenters. The molecule has 2 aromatic rings. The molecule has 3 heteroatoms. The average molecular weight is 203 g/mol. The Labute approximate surface area is 86.4 Å². The Morgan fingerprint density at radius 1 is 1.43 bits per heavy atom. The third-order valence-corrected chi connectivity index (χ3v) is 3.23. The second-order valence-electron chi connectivity index (χ2n) is 3.05. The van der Waals surface area contributed by atoms with Crippen LogP contribution in [0.3, 0.4) is 0 Å². The Kier molecular flexibility index (Phi) is 2.14. The van der Waals surface area contributed by atoms with Crippen molar-refractivity contribution >= 4 is 21.4 Å². The minimum absolute atomic E-state index is 0.721. The molecule has 0 saturated heterocycles. The van der Waals surface area contributed by atoms with Crippen LogP contribution in [0.25, 0.3) is 10.1 Å². The first-order chi connectivity index (χ1) is 6.77. The van der Waals surface area contributed by atoms with Gasteiger partial charge in [-0.1, -0.05) is 6.07 Å². The molecule has 1 heterocycles. The minimum atomic E-state index is 0.721. The van der Waals surface area contributed by atoms with Crippen LogP contribution in [0, 0.1) is 18.3 Å². The van der Waals surface area contributed by atoms with E-state index in [0.29, 0.717) is 0 Å². The highest BCUT2D eigenvalue weighted by atomic mass is 32.1. The summed E-state index contributed by atoms with van der Waals surface area (Å²) >= 11 is 1.56. The van der Waals surface area contributed by atoms with Crippen molar-refractivity contribution in [3.05, 3.63) is 28.6 Å². The number of nitriles is 1. The van der Waals surface area contributed by atoms with Crippen molar-refractivity contribution in [1.82, 2.24) is 0 Å². The van der Waals surface area contributed by atoms with E-state index in [9.17, 15) is 0 Å². The number of thiophene rings is 1. The number of benzene rings is 1. The van der Waals surface area contributed by atoms with Gasteiger partial charge in [0, 0.05) is 10.8 Å². The standard InChI is InChI=1S/C11H9NOS/c1-7-3-4-8(5-12)11-10(7)9(13-2)6-14-11/h3-4,6H,1-2H3. The van der Waals surface area contributed by atoms with Crippen molar-refractivity contribution in [2.24, 2.45) is 0 Å². The summed E-state index contributed by atoms with van der Waals surface area (Å²) in [6, 6.07) is 6.00. The van der Waals surface area contributed by atoms with E-state index in [2.05, 4.69) is 6.07 Å². The Morgan fingerprint density at radius 2 is 2.21 bits per heavy atom. The Bertz CT molecular complexity index is 522. The summed E-state index contributed by atoms with van der Waals surface area (Å²) in [5, 5.41) is 11.9. The zero-order valence-corrected chi connectivity index (χ0v) is 8.81. The number of methoxy groups -OCH3 is 1. The van der Waals surface area contributed by atoms with Gasteiger partial charge in [-0.15, -0.1) is 11.3 Å². The van der Waals surface area contributed by atoms with E-state index in [0.717, 1.165) is 27.0 Å². The number of hydrogen-bond acceptors (Lipinski definition) is 3. The molecule has 0 aliphatic heterocycles. The number of fused-ring (bicyclic) bond motifs is 1. The summed E-state index contributed by atoms with van der Waals surface area (Å²) in [4.78, 5) is 0. The molecule has 14 heavy (non-hydrogen) atoms. The molecule has 0 radical (unpaired) electrons. The second-order valence-corrected chi connectivity index (χ2v) is 3.93. The van der Waals surface area contributed by atoms with Crippen LogP contribution in [0.1, 0.15) is 11.1 Å². The molecule has 1 aromatic heterocycles. The molecule has 0 fully saturated rings. The molecule has 0 spiro atoms. The van der Waals surface area contributed by atoms with Gasteiger partial charge in [0.15, 0.2) is 0 Å². The zero-order valence-electron chi connectivity index (χ0n) is 8.00. The molecule has 2 nitrogen and oxygen atoms in total. The largest absolute Gasteiger partial charge is 0.495 e. The van der Waals surface area contributed by atoms with Gasteiger partial charge in [0.2, 0.25) is 0 Å². The fourth-order valence-corrected chi connectivity index (χ4v) is 2.58. The molecule has 0 atom stereocenters. The first-order valence-electron chi connectivity index (χ1n) is 4.23. The van der Waals surface area contributed by atoms with Crippen LogP contribution in [0.15, 0.2) is 17.5 Å². The minimum Gasteiger partial charge on any atom is -0.495 e. The normalized spacial score (nSPS) is 10.1. The third-order valence-electron chi connectivity index (χ3n) is 2.24. The molecular formula is C11H9NOS. The van der Waals surface area contributed by atoms with E-state index in [1.807, 2.05) is 24.4 Å². The third kappa shape index (κ3) is 1.16. The maximum Gasteiger partial charge on any atom is 0.137 e. The number of rotatable bonds is 1. The van der Waals surface area contributed by atoms with Crippen LogP contribution in [-0.2, 0) is 0 Å². The van der Waals surface area contributed by atoms with Gasteiger partial charge in [-0.3, -0.25) is 0 Å². The lowest BCUT2D eigenvalue weighted by Gasteiger charge is -2.01. The molecule has 1 aromatic carbocycles. The van der Waals surface area contributed by atoms with Gasteiger partial charge in [-0.2, -0.15) is 5.26 Å². The fourth-order valence-electron chi connectivity index (χ4n) is 1.52. The molecule has 70 valence electrons. The summed E-state index contributed by atoms with van der Waals surface area (Å²) in [7, 11) is 1.65. The van der Waals surface area contributed by atoms with Gasteiger partial charge < -0.3 is 4.74 Å². The van der Waals surface area contributed by atoms with Crippen molar-refractivity contribution in [1.29, 1.82) is 5.26 Å². The number of nitrogens with zero attached hydrogens (tertiary/aromatic N) is 1. The Hall–Kier alpha value is -1.53. The van der Waals surface area contributed by atoms with Gasteiger partial charge in [-0.25, -0.2) is 0 Å². The first-order valence-corrected chi connectivity index (χ1v) is 5.10. The predicted molar refractivity (Wildman–Crippen MR) is 57.8 cm³/mol. The molecule has 0 amide bonds. The molecule has 2 rings (SSSR count). The molecule has 0 aliphatic carbocycles. The lowest BCUT2D eigenvalue weighted by Crippen LogP contribution is -1.83. The van der Waals surface area contributed by atoms with E-state index in [1.54, 1.807) is 18.4 Å². The smallest absolute Gasteiger partial charge is 0.137 e. The maximum absolute atomic E-state index is 8.92. The van der Waals surface area contributed by atoms with Crippen LogP contribution in [0.5, 0.6) is 5.75 Å². The monoisotopic (exact) mass is 203 g/mol. The highest BCUT2D eigenvalue weighted by molar-refractivity contribution is 7.17. The highest BCUT2D eigenvalue weighted by Gasteiger charge is 2.10. The van der Waals surface area contributed by atoms with Gasteiger partial charge in [0.25, 0.3) is 0 Å². The average Bonchev–Trinajstić information content (AvgIpc) is 2.63. The summed E-state index contributed by atoms with van der Waals surface area (Å²) in [6.45, 7) is 2.03. The van der Waals surface area contributed by atoms with E-state index >= 15 is 0 Å². The van der Waals surface area contributed by atoms with Crippen LogP contribution < -0.4 is 4.74 Å². The Balaban J connectivity index is 2.89. The highest BCUT2D eigenvalue weighted by Crippen LogP contribution is 2.36. The topological polar surface area (TPSA) is 33.0 Å². The van der Waals surface area contributed by atoms with E-state index < -0.39 is 0 Å². The van der Waals surface area contributed by atoms with Gasteiger partial charge in [-0.05, 0) is 18.6 Å². The summed E-state index contributed by atoms with van der Waals surface area (Å²) in [6.07, 6.45) is 0. The fraction of sp³-hybridized carbons (Fsp3) is 0.182. The molecular weight excluding hydrogens is 194 g/mol. The van der Waals surface area contributed by atoms with Crippen molar-refractivity contribution in [3.8, 4) is 11.8 Å². The zero-order chi connectivity index (χ0) is 10.1. The lowest BCUT2D eigenvalue weighted by molar-refractivity contribution is 0.421. The summed E-state index contributed by atoms with van der Waals surface area (Å²) in [5.41, 5.74) is 1.87. The van der Waals surface area contributed by atoms with Crippen molar-refractivity contribution in [2.75, 3.05) is 7.11 Å². The van der Waals surface area contributed by atoms with Gasteiger partial charge >= 0.3 is 0 Å². The van der Waals surface area contributed by atoms with E-state index in [-0.39, 0.29) is 0 Å². The molecule has 0 bridgehead atoms. The number of hydrogen-bond donors (Lipinski definition) is 0. The van der Waals surface area contributed by atoms with Crippen molar-refractivity contribution in [2.45, 2.75) is 6.92 Å². The van der Waals surface area contributed by atoms with Gasteiger partial charge in [0.1, 0.15) is 11.8 Å². The van der Waals surface area contributed by atoms with E-state index in [4.69, 9.17) is 10.00 Å². The van der Waals surface area contributed by atoms with Crippen molar-refractivity contribution in [3.63, 3.8) is 0 Å². The van der Waals surface area contributed by atoms with Gasteiger partial charge in [0.05, 0.1) is 17.4 Å². The quantitative estimate of drug-likeness (QED) is 0.713. The summed E-state index contributed by atoms with van der Waals surface area (Å²) < 4.78 is 6.27. The maximum atomic E-state index is 8.92. The molecule has 0 aliphatic rings. The predicted octanol–water partition coefficient (Wildman–Crippen LogP) is 3.09. The SMILES string of the molecule is COc1csc2c(C#N)ccc(C)c12. The van der Waals surface area contributed by atoms with Crippen molar-refractivity contribution < 1.29 is 4.74 Å². The lowest BCUT2D eigenvalue weighted by atomic mass is 10.1. The number of aryl methyl sites for hydroxylation is 1. The molecule has 0 N–H and O–H groups in total. The number of ether oxygens (including phenoxy) is 1. The second kappa shape index (κ2) is 3.32. The Morgan fingerprint density at radius 3 is 2.86 bits per heavy atom. The van der Waals surface area contributed by atoms with Crippen LogP contribution in [0.4, 0.5) is 0 Å². The summed E-state index contributed by atoms with van der Waals surface area (Å²) in [5.74, 6) is 0.861. The first kappa shape index (κ1) is 9.04. The van der Waals surface area contributed by atoms with E-state index in [1.165, 1.54) is 0 Å². The van der Waals surface area contributed by atoms with Crippen LogP contribution in [0.2, 0.25) is 0 Å². The molecule has 0 saturated carbocycles. The van der Waals surface area contributed by atoms with Crippen LogP contribution >= 0.6 is 11.3 Å². The van der Waals surface area contributed by atoms with Crippen LogP contribution in [-0.4, -0.2) is 7.11 Å².